The highest BCUT2D eigenvalue weighted by Crippen LogP contribution is 2.23. The maximum absolute atomic E-state index is 12.8. The molecule has 1 atom stereocenters. The van der Waals surface area contributed by atoms with Crippen molar-refractivity contribution in [2.45, 2.75) is 19.5 Å². The molecule has 4 heteroatoms. The molecule has 1 nitrogen and oxygen atoms in total. The van der Waals surface area contributed by atoms with Gasteiger partial charge in [0.1, 0.15) is 5.82 Å². The molecule has 0 aromatic heterocycles. The Morgan fingerprint density at radius 1 is 1.05 bits per heavy atom. The summed E-state index contributed by atoms with van der Waals surface area (Å²) in [6, 6.07) is 12.2. The highest BCUT2D eigenvalue weighted by Gasteiger charge is 2.06. The molecule has 0 bridgehead atoms. The molecule has 0 heterocycles. The van der Waals surface area contributed by atoms with Crippen LogP contribution in [0.2, 0.25) is 10.0 Å². The van der Waals surface area contributed by atoms with Crippen LogP contribution in [0.1, 0.15) is 24.1 Å². The van der Waals surface area contributed by atoms with Crippen molar-refractivity contribution < 1.29 is 4.39 Å². The van der Waals surface area contributed by atoms with Gasteiger partial charge in [0, 0.05) is 12.6 Å². The number of hydrogen-bond acceptors (Lipinski definition) is 1. The molecule has 0 aliphatic carbocycles. The van der Waals surface area contributed by atoms with Crippen molar-refractivity contribution in [3.05, 3.63) is 69.5 Å². The van der Waals surface area contributed by atoms with Gasteiger partial charge >= 0.3 is 0 Å². The molecular weight excluding hydrogens is 284 g/mol. The standard InChI is InChI=1S/C15H14Cl2FN/c1-10(12-3-5-13(18)6-4-12)19-9-11-2-7-14(16)15(17)8-11/h2-8,10,19H,9H2,1H3/t10-/m0/s1. The first kappa shape index (κ1) is 14.3. The fourth-order valence-electron chi connectivity index (χ4n) is 1.79. The van der Waals surface area contributed by atoms with Gasteiger partial charge in [-0.3, -0.25) is 0 Å². The molecule has 100 valence electrons. The van der Waals surface area contributed by atoms with Gasteiger partial charge in [0.25, 0.3) is 0 Å². The molecule has 0 fully saturated rings. The summed E-state index contributed by atoms with van der Waals surface area (Å²) in [6.45, 7) is 2.71. The van der Waals surface area contributed by atoms with Crippen molar-refractivity contribution >= 4 is 23.2 Å². The van der Waals surface area contributed by atoms with Gasteiger partial charge in [-0.2, -0.15) is 0 Å². The third-order valence-corrected chi connectivity index (χ3v) is 3.71. The lowest BCUT2D eigenvalue weighted by Gasteiger charge is -2.14. The monoisotopic (exact) mass is 297 g/mol. The molecule has 0 aliphatic heterocycles. The molecular formula is C15H14Cl2FN. The Balaban J connectivity index is 1.98. The Kier molecular flexibility index (Phi) is 4.81. The van der Waals surface area contributed by atoms with E-state index in [1.54, 1.807) is 18.2 Å². The Hall–Kier alpha value is -1.09. The van der Waals surface area contributed by atoms with Crippen molar-refractivity contribution in [2.75, 3.05) is 0 Å². The van der Waals surface area contributed by atoms with Crippen LogP contribution in [0.5, 0.6) is 0 Å². The van der Waals surface area contributed by atoms with Gasteiger partial charge < -0.3 is 5.32 Å². The topological polar surface area (TPSA) is 12.0 Å². The summed E-state index contributed by atoms with van der Waals surface area (Å²) in [4.78, 5) is 0. The molecule has 2 rings (SSSR count). The molecule has 0 amide bonds. The fraction of sp³-hybridized carbons (Fsp3) is 0.200. The van der Waals surface area contributed by atoms with Crippen LogP contribution in [-0.4, -0.2) is 0 Å². The lowest BCUT2D eigenvalue weighted by Crippen LogP contribution is -2.18. The first-order valence-electron chi connectivity index (χ1n) is 5.99. The lowest BCUT2D eigenvalue weighted by molar-refractivity contribution is 0.571. The van der Waals surface area contributed by atoms with E-state index < -0.39 is 0 Å². The summed E-state index contributed by atoms with van der Waals surface area (Å²) < 4.78 is 12.8. The van der Waals surface area contributed by atoms with E-state index in [4.69, 9.17) is 23.2 Å². The minimum atomic E-state index is -0.222. The maximum atomic E-state index is 12.8. The largest absolute Gasteiger partial charge is 0.306 e. The zero-order chi connectivity index (χ0) is 13.8. The molecule has 2 aromatic rings. The summed E-state index contributed by atoms with van der Waals surface area (Å²) in [5.41, 5.74) is 2.10. The number of benzene rings is 2. The molecule has 0 radical (unpaired) electrons. The smallest absolute Gasteiger partial charge is 0.123 e. The fourth-order valence-corrected chi connectivity index (χ4v) is 2.11. The van der Waals surface area contributed by atoms with Crippen LogP contribution in [-0.2, 0) is 6.54 Å². The predicted octanol–water partition coefficient (Wildman–Crippen LogP) is 4.98. The molecule has 0 spiro atoms. The van der Waals surface area contributed by atoms with Crippen LogP contribution < -0.4 is 5.32 Å². The second-order valence-corrected chi connectivity index (χ2v) is 5.22. The first-order valence-corrected chi connectivity index (χ1v) is 6.74. The average molecular weight is 298 g/mol. The molecule has 2 aromatic carbocycles. The first-order chi connectivity index (χ1) is 9.06. The van der Waals surface area contributed by atoms with Crippen LogP contribution in [0.3, 0.4) is 0 Å². The van der Waals surface area contributed by atoms with Gasteiger partial charge in [0.15, 0.2) is 0 Å². The van der Waals surface area contributed by atoms with E-state index in [-0.39, 0.29) is 11.9 Å². The molecule has 0 saturated carbocycles. The molecule has 1 N–H and O–H groups in total. The predicted molar refractivity (Wildman–Crippen MR) is 78.1 cm³/mol. The average Bonchev–Trinajstić information content (AvgIpc) is 2.40. The zero-order valence-electron chi connectivity index (χ0n) is 10.5. The van der Waals surface area contributed by atoms with Crippen molar-refractivity contribution in [3.63, 3.8) is 0 Å². The maximum Gasteiger partial charge on any atom is 0.123 e. The van der Waals surface area contributed by atoms with Crippen LogP contribution in [0.15, 0.2) is 42.5 Å². The SMILES string of the molecule is C[C@H](NCc1ccc(Cl)c(Cl)c1)c1ccc(F)cc1. The van der Waals surface area contributed by atoms with Crippen molar-refractivity contribution in [1.82, 2.24) is 5.32 Å². The summed E-state index contributed by atoms with van der Waals surface area (Å²) in [5.74, 6) is -0.222. The van der Waals surface area contributed by atoms with Crippen molar-refractivity contribution in [1.29, 1.82) is 0 Å². The second kappa shape index (κ2) is 6.38. The Labute approximate surface area is 122 Å². The van der Waals surface area contributed by atoms with Crippen molar-refractivity contribution in [2.24, 2.45) is 0 Å². The van der Waals surface area contributed by atoms with Crippen molar-refractivity contribution in [3.8, 4) is 0 Å². The lowest BCUT2D eigenvalue weighted by atomic mass is 10.1. The van der Waals surface area contributed by atoms with Gasteiger partial charge in [-0.25, -0.2) is 4.39 Å². The Morgan fingerprint density at radius 2 is 1.74 bits per heavy atom. The minimum Gasteiger partial charge on any atom is -0.306 e. The van der Waals surface area contributed by atoms with Gasteiger partial charge in [-0.1, -0.05) is 41.4 Å². The normalized spacial score (nSPS) is 12.4. The summed E-state index contributed by atoms with van der Waals surface area (Å²) in [7, 11) is 0. The van der Waals surface area contributed by atoms with Gasteiger partial charge in [-0.15, -0.1) is 0 Å². The highest BCUT2D eigenvalue weighted by atomic mass is 35.5. The molecule has 19 heavy (non-hydrogen) atoms. The van der Waals surface area contributed by atoms with E-state index in [0.29, 0.717) is 16.6 Å². The van der Waals surface area contributed by atoms with E-state index in [2.05, 4.69) is 5.32 Å². The third kappa shape index (κ3) is 3.93. The molecule has 0 unspecified atom stereocenters. The zero-order valence-corrected chi connectivity index (χ0v) is 12.0. The van der Waals surface area contributed by atoms with Crippen LogP contribution in [0.25, 0.3) is 0 Å². The Bertz CT molecular complexity index is 555. The Morgan fingerprint density at radius 3 is 2.37 bits per heavy atom. The number of halogens is 3. The molecule has 0 saturated heterocycles. The van der Waals surface area contributed by atoms with E-state index in [1.807, 2.05) is 19.1 Å². The highest BCUT2D eigenvalue weighted by molar-refractivity contribution is 6.42. The van der Waals surface area contributed by atoms with E-state index in [1.165, 1.54) is 12.1 Å². The number of rotatable bonds is 4. The minimum absolute atomic E-state index is 0.134. The molecule has 0 aliphatic rings. The van der Waals surface area contributed by atoms with Crippen LogP contribution >= 0.6 is 23.2 Å². The van der Waals surface area contributed by atoms with E-state index in [9.17, 15) is 4.39 Å². The summed E-state index contributed by atoms with van der Waals surface area (Å²) in [6.07, 6.45) is 0. The third-order valence-electron chi connectivity index (χ3n) is 2.97. The van der Waals surface area contributed by atoms with Crippen LogP contribution in [0.4, 0.5) is 4.39 Å². The van der Waals surface area contributed by atoms with E-state index in [0.717, 1.165) is 11.1 Å². The number of hydrogen-bond donors (Lipinski definition) is 1. The number of nitrogens with one attached hydrogen (secondary N) is 1. The quantitative estimate of drug-likeness (QED) is 0.839. The summed E-state index contributed by atoms with van der Waals surface area (Å²) >= 11 is 11.8. The summed E-state index contributed by atoms with van der Waals surface area (Å²) in [5, 5.41) is 4.46. The van der Waals surface area contributed by atoms with E-state index >= 15 is 0 Å². The van der Waals surface area contributed by atoms with Crippen LogP contribution in [0, 0.1) is 5.82 Å². The van der Waals surface area contributed by atoms with Gasteiger partial charge in [-0.05, 0) is 42.3 Å². The van der Waals surface area contributed by atoms with Gasteiger partial charge in [0.2, 0.25) is 0 Å². The second-order valence-electron chi connectivity index (χ2n) is 4.40. The van der Waals surface area contributed by atoms with Gasteiger partial charge in [0.05, 0.1) is 10.0 Å².